The van der Waals surface area contributed by atoms with Crippen molar-refractivity contribution in [2.45, 2.75) is 19.4 Å². The Morgan fingerprint density at radius 3 is 2.74 bits per heavy atom. The molecule has 0 spiro atoms. The van der Waals surface area contributed by atoms with Crippen LogP contribution in [0.15, 0.2) is 55.0 Å². The maximum absolute atomic E-state index is 13.1. The van der Waals surface area contributed by atoms with E-state index in [0.29, 0.717) is 47.9 Å². The first-order chi connectivity index (χ1) is 16.5. The number of hydrogen-bond donors (Lipinski definition) is 1. The highest BCUT2D eigenvalue weighted by Crippen LogP contribution is 2.38. The monoisotopic (exact) mass is 459 g/mol. The molecule has 2 aromatic heterocycles. The molecule has 0 radical (unpaired) electrons. The van der Waals surface area contributed by atoms with Crippen molar-refractivity contribution in [3.05, 3.63) is 55.0 Å². The summed E-state index contributed by atoms with van der Waals surface area (Å²) < 4.78 is 16.9. The Morgan fingerprint density at radius 2 is 1.97 bits per heavy atom. The zero-order valence-corrected chi connectivity index (χ0v) is 19.2. The number of aromatic amines is 1. The smallest absolute Gasteiger partial charge is 0.415 e. The van der Waals surface area contributed by atoms with Crippen molar-refractivity contribution in [1.82, 2.24) is 25.1 Å². The molecule has 9 heteroatoms. The minimum Gasteiger partial charge on any atom is -0.493 e. The second kappa shape index (κ2) is 8.75. The Balaban J connectivity index is 1.58. The third kappa shape index (κ3) is 3.94. The second-order valence-corrected chi connectivity index (χ2v) is 8.65. The summed E-state index contributed by atoms with van der Waals surface area (Å²) in [6.07, 6.45) is 2.77. The van der Waals surface area contributed by atoms with Crippen molar-refractivity contribution in [3.8, 4) is 34.0 Å². The Kier molecular flexibility index (Phi) is 5.62. The van der Waals surface area contributed by atoms with E-state index >= 15 is 0 Å². The van der Waals surface area contributed by atoms with Crippen molar-refractivity contribution in [1.29, 1.82) is 0 Å². The van der Waals surface area contributed by atoms with Gasteiger partial charge in [-0.3, -0.25) is 10.00 Å². The molecule has 1 aliphatic heterocycles. The number of nitrogens with one attached hydrogen (secondary N) is 1. The number of ether oxygens (including phenoxy) is 3. The number of carbonyl (C=O) groups is 1. The fourth-order valence-electron chi connectivity index (χ4n) is 4.15. The number of nitrogens with zero attached hydrogens (tertiary/aromatic N) is 4. The van der Waals surface area contributed by atoms with Crippen LogP contribution in [0.2, 0.25) is 0 Å². The Labute approximate surface area is 196 Å². The lowest BCUT2D eigenvalue weighted by Gasteiger charge is -2.41. The van der Waals surface area contributed by atoms with Gasteiger partial charge in [-0.15, -0.1) is 0 Å². The summed E-state index contributed by atoms with van der Waals surface area (Å²) in [6.45, 7) is 5.25. The number of aromatic nitrogens is 4. The summed E-state index contributed by atoms with van der Waals surface area (Å²) in [5.41, 5.74) is 3.49. The molecule has 0 bridgehead atoms. The number of morpholine rings is 1. The molecule has 0 aliphatic carbocycles. The van der Waals surface area contributed by atoms with Gasteiger partial charge in [0, 0.05) is 29.1 Å². The number of carbonyl (C=O) groups excluding carboxylic acids is 1. The van der Waals surface area contributed by atoms with Gasteiger partial charge in [0.2, 0.25) is 0 Å². The highest BCUT2D eigenvalue weighted by Gasteiger charge is 2.36. The number of rotatable bonds is 4. The third-order valence-electron chi connectivity index (χ3n) is 5.94. The first-order valence-corrected chi connectivity index (χ1v) is 11.0. The zero-order valence-electron chi connectivity index (χ0n) is 19.2. The SMILES string of the molecule is COc1cc2ncnc(-c3cn[nH]c3-c3ccccc3)c2cc1OC(=O)N1CCOCC1(C)C. The van der Waals surface area contributed by atoms with Crippen molar-refractivity contribution in [3.63, 3.8) is 0 Å². The average molecular weight is 460 g/mol. The second-order valence-electron chi connectivity index (χ2n) is 8.65. The van der Waals surface area contributed by atoms with Gasteiger partial charge in [0.15, 0.2) is 11.5 Å². The highest BCUT2D eigenvalue weighted by atomic mass is 16.6. The molecule has 2 aromatic carbocycles. The molecule has 0 atom stereocenters. The van der Waals surface area contributed by atoms with Gasteiger partial charge in [0.1, 0.15) is 6.33 Å². The molecule has 1 saturated heterocycles. The van der Waals surface area contributed by atoms with Crippen LogP contribution >= 0.6 is 0 Å². The minimum absolute atomic E-state index is 0.295. The number of H-pyrrole nitrogens is 1. The van der Waals surface area contributed by atoms with E-state index in [9.17, 15) is 4.79 Å². The first kappa shape index (κ1) is 21.8. The Morgan fingerprint density at radius 1 is 1.15 bits per heavy atom. The van der Waals surface area contributed by atoms with Gasteiger partial charge < -0.3 is 14.2 Å². The molecule has 174 valence electrons. The number of hydrogen-bond acceptors (Lipinski definition) is 7. The topological polar surface area (TPSA) is 102 Å². The lowest BCUT2D eigenvalue weighted by molar-refractivity contribution is -0.0370. The van der Waals surface area contributed by atoms with Gasteiger partial charge >= 0.3 is 6.09 Å². The van der Waals surface area contributed by atoms with Crippen LogP contribution in [0.1, 0.15) is 13.8 Å². The summed E-state index contributed by atoms with van der Waals surface area (Å²) in [5.74, 6) is 0.704. The fraction of sp³-hybridized carbons (Fsp3) is 0.280. The molecule has 1 aliphatic rings. The van der Waals surface area contributed by atoms with Crippen molar-refractivity contribution in [2.75, 3.05) is 26.9 Å². The van der Waals surface area contributed by atoms with Crippen molar-refractivity contribution < 1.29 is 19.0 Å². The molecule has 34 heavy (non-hydrogen) atoms. The summed E-state index contributed by atoms with van der Waals surface area (Å²) in [5, 5.41) is 8.03. The predicted octanol–water partition coefficient (Wildman–Crippen LogP) is 4.31. The molecule has 1 N–H and O–H groups in total. The van der Waals surface area contributed by atoms with Gasteiger partial charge in [-0.05, 0) is 19.9 Å². The van der Waals surface area contributed by atoms with Crippen molar-refractivity contribution in [2.24, 2.45) is 0 Å². The zero-order chi connectivity index (χ0) is 23.7. The predicted molar refractivity (Wildman–Crippen MR) is 127 cm³/mol. The number of amides is 1. The third-order valence-corrected chi connectivity index (χ3v) is 5.94. The number of fused-ring (bicyclic) bond motifs is 1. The van der Waals surface area contributed by atoms with E-state index in [4.69, 9.17) is 14.2 Å². The van der Waals surface area contributed by atoms with Crippen LogP contribution in [0.3, 0.4) is 0 Å². The van der Waals surface area contributed by atoms with Crippen LogP contribution in [0.4, 0.5) is 4.79 Å². The van der Waals surface area contributed by atoms with Crippen LogP contribution < -0.4 is 9.47 Å². The van der Waals surface area contributed by atoms with Gasteiger partial charge in [-0.2, -0.15) is 5.10 Å². The molecule has 5 rings (SSSR count). The maximum atomic E-state index is 13.1. The van der Waals surface area contributed by atoms with E-state index in [2.05, 4.69) is 20.2 Å². The molecule has 4 aromatic rings. The van der Waals surface area contributed by atoms with E-state index in [1.165, 1.54) is 13.4 Å². The van der Waals surface area contributed by atoms with Crippen molar-refractivity contribution >= 4 is 17.0 Å². The highest BCUT2D eigenvalue weighted by molar-refractivity contribution is 5.97. The normalized spacial score (nSPS) is 15.3. The van der Waals surface area contributed by atoms with Gasteiger partial charge in [0.25, 0.3) is 0 Å². The number of benzene rings is 2. The maximum Gasteiger partial charge on any atom is 0.415 e. The van der Waals surface area contributed by atoms with Crippen LogP contribution in [0, 0.1) is 0 Å². The van der Waals surface area contributed by atoms with E-state index in [-0.39, 0.29) is 0 Å². The van der Waals surface area contributed by atoms with E-state index < -0.39 is 11.6 Å². The molecule has 9 nitrogen and oxygen atoms in total. The average Bonchev–Trinajstić information content (AvgIpc) is 3.33. The summed E-state index contributed by atoms with van der Waals surface area (Å²) in [7, 11) is 1.53. The minimum atomic E-state index is -0.477. The first-order valence-electron chi connectivity index (χ1n) is 11.0. The van der Waals surface area contributed by atoms with Gasteiger partial charge in [-0.1, -0.05) is 30.3 Å². The lowest BCUT2D eigenvalue weighted by Crippen LogP contribution is -2.56. The molecule has 1 amide bonds. The Hall–Kier alpha value is -3.98. The molecule has 0 unspecified atom stereocenters. The summed E-state index contributed by atoms with van der Waals surface area (Å²) in [6, 6.07) is 13.4. The van der Waals surface area contributed by atoms with Gasteiger partial charge in [-0.25, -0.2) is 14.8 Å². The number of methoxy groups -OCH3 is 1. The molecule has 0 saturated carbocycles. The van der Waals surface area contributed by atoms with Crippen LogP contribution in [-0.4, -0.2) is 63.6 Å². The fourth-order valence-corrected chi connectivity index (χ4v) is 4.15. The van der Waals surface area contributed by atoms with E-state index in [0.717, 1.165) is 16.8 Å². The Bertz CT molecular complexity index is 1340. The van der Waals surface area contributed by atoms with E-state index in [1.807, 2.05) is 44.2 Å². The molecular formula is C25H25N5O4. The standard InChI is InChI=1S/C25H25N5O4/c1-25(2)14-33-10-9-30(25)24(31)34-21-11-17-19(12-20(21)32-3)26-15-27-23(17)18-13-28-29-22(18)16-7-5-4-6-8-16/h4-8,11-13,15H,9-10,14H2,1-3H3,(H,28,29). The van der Waals surface area contributed by atoms with Crippen LogP contribution in [0.5, 0.6) is 11.5 Å². The van der Waals surface area contributed by atoms with E-state index in [1.54, 1.807) is 23.2 Å². The largest absolute Gasteiger partial charge is 0.493 e. The molecule has 3 heterocycles. The van der Waals surface area contributed by atoms with Crippen LogP contribution in [0.25, 0.3) is 33.4 Å². The lowest BCUT2D eigenvalue weighted by atomic mass is 10.0. The molecule has 1 fully saturated rings. The van der Waals surface area contributed by atoms with Gasteiger partial charge in [0.05, 0.1) is 49.0 Å². The molecular weight excluding hydrogens is 434 g/mol. The summed E-state index contributed by atoms with van der Waals surface area (Å²) >= 11 is 0. The quantitative estimate of drug-likeness (QED) is 0.485. The van der Waals surface area contributed by atoms with Crippen LogP contribution in [-0.2, 0) is 4.74 Å². The summed E-state index contributed by atoms with van der Waals surface area (Å²) in [4.78, 5) is 23.7.